The molecule has 1 fully saturated rings. The highest BCUT2D eigenvalue weighted by atomic mass is 16.1. The van der Waals surface area contributed by atoms with E-state index in [0.717, 1.165) is 40.9 Å². The molecule has 0 bridgehead atoms. The predicted molar refractivity (Wildman–Crippen MR) is 140 cm³/mol. The predicted octanol–water partition coefficient (Wildman–Crippen LogP) is 6.32. The first-order valence-electron chi connectivity index (χ1n) is 12.0. The van der Waals surface area contributed by atoms with Crippen molar-refractivity contribution in [3.63, 3.8) is 0 Å². The van der Waals surface area contributed by atoms with Crippen molar-refractivity contribution < 1.29 is 0 Å². The van der Waals surface area contributed by atoms with Gasteiger partial charge in [-0.05, 0) is 89.7 Å². The highest BCUT2D eigenvalue weighted by molar-refractivity contribution is 5.98. The van der Waals surface area contributed by atoms with Crippen LogP contribution in [0.4, 0.5) is 5.69 Å². The Hall–Kier alpha value is -3.84. The molecule has 170 valence electrons. The third kappa shape index (κ3) is 3.99. The fourth-order valence-corrected chi connectivity index (χ4v) is 5.46. The number of hydrogen-bond donors (Lipinski definition) is 0. The van der Waals surface area contributed by atoms with E-state index in [1.165, 1.54) is 12.1 Å². The third-order valence-corrected chi connectivity index (χ3v) is 6.92. The molecule has 0 N–H and O–H groups in total. The monoisotopic (exact) mass is 447 g/mol. The molecule has 2 atom stereocenters. The van der Waals surface area contributed by atoms with Crippen LogP contribution in [-0.2, 0) is 0 Å². The van der Waals surface area contributed by atoms with Gasteiger partial charge in [0, 0.05) is 36.0 Å². The van der Waals surface area contributed by atoms with Crippen LogP contribution in [0.3, 0.4) is 0 Å². The van der Waals surface area contributed by atoms with Gasteiger partial charge in [0.25, 0.3) is 5.56 Å². The number of piperidine rings is 1. The second-order valence-electron chi connectivity index (χ2n) is 9.77. The fraction of sp³-hybridized carbons (Fsp3) is 0.267. The van der Waals surface area contributed by atoms with E-state index in [2.05, 4.69) is 56.0 Å². The second kappa shape index (κ2) is 8.83. The zero-order valence-electron chi connectivity index (χ0n) is 20.0. The summed E-state index contributed by atoms with van der Waals surface area (Å²) < 4.78 is 1.76. The van der Waals surface area contributed by atoms with Gasteiger partial charge in [-0.1, -0.05) is 38.1 Å². The highest BCUT2D eigenvalue weighted by Crippen LogP contribution is 2.31. The van der Waals surface area contributed by atoms with E-state index in [1.54, 1.807) is 4.57 Å². The van der Waals surface area contributed by atoms with Crippen LogP contribution in [0.2, 0.25) is 0 Å². The second-order valence-corrected chi connectivity index (χ2v) is 9.77. The van der Waals surface area contributed by atoms with Crippen LogP contribution in [0.1, 0.15) is 31.4 Å². The summed E-state index contributed by atoms with van der Waals surface area (Å²) in [6.07, 6.45) is 3.22. The first-order valence-corrected chi connectivity index (χ1v) is 12.0. The van der Waals surface area contributed by atoms with E-state index in [1.807, 2.05) is 48.7 Å². The van der Waals surface area contributed by atoms with Gasteiger partial charge in [0.15, 0.2) is 0 Å². The normalized spacial score (nSPS) is 18.1. The van der Waals surface area contributed by atoms with Gasteiger partial charge in [0.2, 0.25) is 0 Å². The summed E-state index contributed by atoms with van der Waals surface area (Å²) in [5, 5.41) is 10.8. The number of hydrogen-bond acceptors (Lipinski definition) is 3. The number of pyridine rings is 1. The summed E-state index contributed by atoms with van der Waals surface area (Å²) in [5.41, 5.74) is 5.74. The van der Waals surface area contributed by atoms with Crippen LogP contribution in [0, 0.1) is 30.1 Å². The lowest BCUT2D eigenvalue weighted by atomic mass is 9.91. The van der Waals surface area contributed by atoms with Crippen molar-refractivity contribution in [3.8, 4) is 22.9 Å². The molecule has 0 aliphatic carbocycles. The molecule has 4 heteroatoms. The number of nitriles is 1. The fourth-order valence-electron chi connectivity index (χ4n) is 5.46. The summed E-state index contributed by atoms with van der Waals surface area (Å²) in [6, 6.07) is 23.9. The van der Waals surface area contributed by atoms with Crippen LogP contribution < -0.4 is 10.5 Å². The van der Waals surface area contributed by atoms with Gasteiger partial charge in [0.05, 0.1) is 11.6 Å². The van der Waals surface area contributed by atoms with Gasteiger partial charge < -0.3 is 4.90 Å². The Balaban J connectivity index is 1.55. The summed E-state index contributed by atoms with van der Waals surface area (Å²) in [7, 11) is 0. The molecule has 0 amide bonds. The maximum absolute atomic E-state index is 13.5. The van der Waals surface area contributed by atoms with Gasteiger partial charge in [-0.25, -0.2) is 0 Å². The molecule has 0 unspecified atom stereocenters. The molecule has 3 aromatic carbocycles. The van der Waals surface area contributed by atoms with Gasteiger partial charge >= 0.3 is 0 Å². The lowest BCUT2D eigenvalue weighted by Gasteiger charge is -2.36. The first-order chi connectivity index (χ1) is 16.4. The summed E-state index contributed by atoms with van der Waals surface area (Å²) in [4.78, 5) is 16.0. The molecule has 4 aromatic rings. The Morgan fingerprint density at radius 1 is 0.882 bits per heavy atom. The molecule has 0 spiro atoms. The van der Waals surface area contributed by atoms with E-state index in [0.29, 0.717) is 22.8 Å². The lowest BCUT2D eigenvalue weighted by Crippen LogP contribution is -2.38. The summed E-state index contributed by atoms with van der Waals surface area (Å²) in [6.45, 7) is 8.85. The van der Waals surface area contributed by atoms with Gasteiger partial charge in [0.1, 0.15) is 0 Å². The molecule has 34 heavy (non-hydrogen) atoms. The number of rotatable bonds is 3. The minimum Gasteiger partial charge on any atom is -0.371 e. The minimum atomic E-state index is -0.0240. The average molecular weight is 448 g/mol. The average Bonchev–Trinajstić information content (AvgIpc) is 2.85. The molecule has 5 rings (SSSR count). The van der Waals surface area contributed by atoms with Crippen molar-refractivity contribution in [2.24, 2.45) is 11.8 Å². The topological polar surface area (TPSA) is 49.0 Å². The van der Waals surface area contributed by atoms with E-state index in [4.69, 9.17) is 5.26 Å². The SMILES string of the molecule is Cc1cn(-c2ccc(N3C[C@H](C)C[C@@H](C)C3)cc2)c(=O)c2cccc(-c3ccc(C#N)cc3)c12. The zero-order chi connectivity index (χ0) is 23.8. The van der Waals surface area contributed by atoms with Crippen LogP contribution in [0.5, 0.6) is 0 Å². The molecular formula is C30H29N3O. The molecule has 1 saturated heterocycles. The molecule has 1 aliphatic rings. The van der Waals surface area contributed by atoms with Crippen molar-refractivity contribution in [2.45, 2.75) is 27.2 Å². The quantitative estimate of drug-likeness (QED) is 0.369. The van der Waals surface area contributed by atoms with Gasteiger partial charge in [-0.2, -0.15) is 5.26 Å². The number of fused-ring (bicyclic) bond motifs is 1. The largest absolute Gasteiger partial charge is 0.371 e. The van der Waals surface area contributed by atoms with Crippen LogP contribution >= 0.6 is 0 Å². The Kier molecular flexibility index (Phi) is 5.71. The van der Waals surface area contributed by atoms with Crippen molar-refractivity contribution in [1.29, 1.82) is 5.26 Å². The van der Waals surface area contributed by atoms with Crippen LogP contribution in [0.25, 0.3) is 27.6 Å². The number of aromatic nitrogens is 1. The van der Waals surface area contributed by atoms with E-state index in [-0.39, 0.29) is 5.56 Å². The number of aryl methyl sites for hydroxylation is 1. The Labute approximate surface area is 200 Å². The minimum absolute atomic E-state index is 0.0240. The van der Waals surface area contributed by atoms with Gasteiger partial charge in [-0.15, -0.1) is 0 Å². The molecule has 4 nitrogen and oxygen atoms in total. The van der Waals surface area contributed by atoms with Crippen molar-refractivity contribution in [2.75, 3.05) is 18.0 Å². The lowest BCUT2D eigenvalue weighted by molar-refractivity contribution is 0.357. The summed E-state index contributed by atoms with van der Waals surface area (Å²) >= 11 is 0. The molecule has 1 aromatic heterocycles. The standard InChI is InChI=1S/C30H29N3O/c1-20-15-21(2)18-32(17-20)25-11-13-26(14-12-25)33-19-22(3)29-27(5-4-6-28(29)30(33)34)24-9-7-23(16-31)8-10-24/h4-14,19-21H,15,17-18H2,1-3H3/t20-,21-/m1/s1. The van der Waals surface area contributed by atoms with Crippen molar-refractivity contribution in [3.05, 3.63) is 94.4 Å². The van der Waals surface area contributed by atoms with E-state index < -0.39 is 0 Å². The molecule has 2 heterocycles. The molecule has 0 saturated carbocycles. The zero-order valence-corrected chi connectivity index (χ0v) is 20.0. The number of benzene rings is 3. The maximum atomic E-state index is 13.5. The van der Waals surface area contributed by atoms with Crippen molar-refractivity contribution in [1.82, 2.24) is 4.57 Å². The van der Waals surface area contributed by atoms with Gasteiger partial charge in [-0.3, -0.25) is 9.36 Å². The molecular weight excluding hydrogens is 418 g/mol. The Morgan fingerprint density at radius 3 is 2.18 bits per heavy atom. The highest BCUT2D eigenvalue weighted by Gasteiger charge is 2.22. The Bertz CT molecular complexity index is 1430. The Morgan fingerprint density at radius 2 is 1.53 bits per heavy atom. The third-order valence-electron chi connectivity index (χ3n) is 6.92. The first kappa shape index (κ1) is 22.0. The number of anilines is 1. The smallest absolute Gasteiger partial charge is 0.262 e. The van der Waals surface area contributed by atoms with E-state index >= 15 is 0 Å². The number of nitrogens with zero attached hydrogens (tertiary/aromatic N) is 3. The van der Waals surface area contributed by atoms with Crippen LogP contribution in [0.15, 0.2) is 77.7 Å². The molecule has 0 radical (unpaired) electrons. The van der Waals surface area contributed by atoms with Crippen molar-refractivity contribution >= 4 is 16.5 Å². The summed E-state index contributed by atoms with van der Waals surface area (Å²) in [5.74, 6) is 1.39. The van der Waals surface area contributed by atoms with Crippen LogP contribution in [-0.4, -0.2) is 17.7 Å². The molecule has 1 aliphatic heterocycles. The maximum Gasteiger partial charge on any atom is 0.262 e. The van der Waals surface area contributed by atoms with E-state index in [9.17, 15) is 4.79 Å².